The van der Waals surface area contributed by atoms with E-state index in [2.05, 4.69) is 28.6 Å². The number of hydrogen-bond donors (Lipinski definition) is 2. The van der Waals surface area contributed by atoms with Crippen LogP contribution >= 0.6 is 24.0 Å². The van der Waals surface area contributed by atoms with Crippen molar-refractivity contribution in [2.75, 3.05) is 20.7 Å². The molecule has 0 heterocycles. The summed E-state index contributed by atoms with van der Waals surface area (Å²) in [5.74, 6) is 2.47. The molecule has 5 nitrogen and oxygen atoms in total. The number of halogens is 1. The molecule has 0 bridgehead atoms. The summed E-state index contributed by atoms with van der Waals surface area (Å²) in [5.41, 5.74) is 2.27. The number of aryl methyl sites for hydroxylation is 1. The predicted molar refractivity (Wildman–Crippen MR) is 118 cm³/mol. The molecular weight excluding hydrogens is 441 g/mol. The maximum Gasteiger partial charge on any atom is 0.191 e. The molecule has 1 unspecified atom stereocenters. The quantitative estimate of drug-likeness (QED) is 0.369. The van der Waals surface area contributed by atoms with Crippen molar-refractivity contribution in [1.29, 1.82) is 0 Å². The topological polar surface area (TPSA) is 54.9 Å². The van der Waals surface area contributed by atoms with Crippen molar-refractivity contribution < 1.29 is 9.47 Å². The Labute approximate surface area is 173 Å². The molecule has 6 heteroatoms. The fourth-order valence-corrected chi connectivity index (χ4v) is 2.45. The standard InChI is InChI=1S/C20H27N3O2.HI/c1-15-8-7-10-18(12-15)25-16(2)13-22-20(21-3)23-14-17-9-5-6-11-19(17)24-4;/h5-12,16H,13-14H2,1-4H3,(H2,21,22,23);1H. The summed E-state index contributed by atoms with van der Waals surface area (Å²) in [6.45, 7) is 5.37. The van der Waals surface area contributed by atoms with Gasteiger partial charge in [0.05, 0.1) is 13.7 Å². The van der Waals surface area contributed by atoms with Gasteiger partial charge < -0.3 is 20.1 Å². The van der Waals surface area contributed by atoms with Gasteiger partial charge in [-0.2, -0.15) is 0 Å². The fraction of sp³-hybridized carbons (Fsp3) is 0.350. The number of ether oxygens (including phenoxy) is 2. The van der Waals surface area contributed by atoms with Gasteiger partial charge in [0.25, 0.3) is 0 Å². The molecule has 0 saturated heterocycles. The van der Waals surface area contributed by atoms with Crippen LogP contribution in [0.25, 0.3) is 0 Å². The van der Waals surface area contributed by atoms with Crippen molar-refractivity contribution in [3.8, 4) is 11.5 Å². The number of hydrogen-bond acceptors (Lipinski definition) is 3. The number of para-hydroxylation sites is 1. The van der Waals surface area contributed by atoms with Crippen molar-refractivity contribution in [3.63, 3.8) is 0 Å². The average Bonchev–Trinajstić information content (AvgIpc) is 2.62. The molecule has 26 heavy (non-hydrogen) atoms. The number of rotatable bonds is 7. The molecule has 0 radical (unpaired) electrons. The Kier molecular flexibility index (Phi) is 9.87. The van der Waals surface area contributed by atoms with Gasteiger partial charge in [-0.3, -0.25) is 4.99 Å². The SMILES string of the molecule is CN=C(NCc1ccccc1OC)NCC(C)Oc1cccc(C)c1.I. The van der Waals surface area contributed by atoms with Gasteiger partial charge in [0.2, 0.25) is 0 Å². The Morgan fingerprint density at radius 2 is 1.88 bits per heavy atom. The third kappa shape index (κ3) is 7.11. The number of guanidine groups is 1. The van der Waals surface area contributed by atoms with E-state index in [9.17, 15) is 0 Å². The summed E-state index contributed by atoms with van der Waals surface area (Å²) in [7, 11) is 3.43. The Morgan fingerprint density at radius 3 is 2.58 bits per heavy atom. The van der Waals surface area contributed by atoms with Crippen molar-refractivity contribution >= 4 is 29.9 Å². The lowest BCUT2D eigenvalue weighted by Crippen LogP contribution is -2.41. The molecular formula is C20H28IN3O2. The van der Waals surface area contributed by atoms with Gasteiger partial charge in [0, 0.05) is 19.2 Å². The van der Waals surface area contributed by atoms with E-state index in [1.54, 1.807) is 14.2 Å². The molecule has 2 aromatic rings. The van der Waals surface area contributed by atoms with Gasteiger partial charge in [-0.05, 0) is 37.6 Å². The van der Waals surface area contributed by atoms with Crippen molar-refractivity contribution in [2.24, 2.45) is 4.99 Å². The average molecular weight is 469 g/mol. The molecule has 2 rings (SSSR count). The first-order valence-electron chi connectivity index (χ1n) is 8.42. The first kappa shape index (κ1) is 22.1. The van der Waals surface area contributed by atoms with Gasteiger partial charge in [0.1, 0.15) is 17.6 Å². The second kappa shape index (κ2) is 11.6. The minimum atomic E-state index is 0. The van der Waals surface area contributed by atoms with Crippen LogP contribution in [0.1, 0.15) is 18.1 Å². The highest BCUT2D eigenvalue weighted by Crippen LogP contribution is 2.16. The molecule has 0 aliphatic heterocycles. The second-order valence-electron chi connectivity index (χ2n) is 5.86. The Hall–Kier alpha value is -1.96. The highest BCUT2D eigenvalue weighted by atomic mass is 127. The van der Waals surface area contributed by atoms with E-state index < -0.39 is 0 Å². The lowest BCUT2D eigenvalue weighted by Gasteiger charge is -2.18. The van der Waals surface area contributed by atoms with E-state index >= 15 is 0 Å². The van der Waals surface area contributed by atoms with Crippen LogP contribution in [-0.2, 0) is 6.54 Å². The van der Waals surface area contributed by atoms with Crippen LogP contribution < -0.4 is 20.1 Å². The summed E-state index contributed by atoms with van der Waals surface area (Å²) in [6, 6.07) is 16.0. The molecule has 1 atom stereocenters. The first-order valence-corrected chi connectivity index (χ1v) is 8.42. The van der Waals surface area contributed by atoms with Gasteiger partial charge in [-0.15, -0.1) is 24.0 Å². The number of nitrogens with one attached hydrogen (secondary N) is 2. The molecule has 0 amide bonds. The minimum absolute atomic E-state index is 0. The van der Waals surface area contributed by atoms with Crippen LogP contribution in [0.4, 0.5) is 0 Å². The van der Waals surface area contributed by atoms with Crippen LogP contribution in [0.15, 0.2) is 53.5 Å². The Bertz CT molecular complexity index is 707. The zero-order valence-corrected chi connectivity index (χ0v) is 18.1. The van der Waals surface area contributed by atoms with Gasteiger partial charge in [-0.25, -0.2) is 0 Å². The van der Waals surface area contributed by atoms with Crippen LogP contribution in [-0.4, -0.2) is 32.8 Å². The van der Waals surface area contributed by atoms with Gasteiger partial charge in [-0.1, -0.05) is 30.3 Å². The number of nitrogens with zero attached hydrogens (tertiary/aromatic N) is 1. The first-order chi connectivity index (χ1) is 12.1. The van der Waals surface area contributed by atoms with Gasteiger partial charge in [0.15, 0.2) is 5.96 Å². The molecule has 0 aromatic heterocycles. The molecule has 2 aromatic carbocycles. The van der Waals surface area contributed by atoms with E-state index in [1.807, 2.05) is 49.4 Å². The third-order valence-corrected chi connectivity index (χ3v) is 3.75. The van der Waals surface area contributed by atoms with Crippen molar-refractivity contribution in [3.05, 3.63) is 59.7 Å². The smallest absolute Gasteiger partial charge is 0.191 e. The minimum Gasteiger partial charge on any atom is -0.496 e. The number of benzene rings is 2. The summed E-state index contributed by atoms with van der Waals surface area (Å²) in [5, 5.41) is 6.58. The summed E-state index contributed by atoms with van der Waals surface area (Å²) in [6.07, 6.45) is 0.0200. The van der Waals surface area contributed by atoms with E-state index in [1.165, 1.54) is 5.56 Å². The predicted octanol–water partition coefficient (Wildman–Crippen LogP) is 3.75. The third-order valence-electron chi connectivity index (χ3n) is 3.75. The van der Waals surface area contributed by atoms with Crippen molar-refractivity contribution in [2.45, 2.75) is 26.5 Å². The largest absolute Gasteiger partial charge is 0.496 e. The summed E-state index contributed by atoms with van der Waals surface area (Å²) >= 11 is 0. The van der Waals surface area contributed by atoms with E-state index in [0.717, 1.165) is 23.0 Å². The lowest BCUT2D eigenvalue weighted by atomic mass is 10.2. The normalized spacial score (nSPS) is 11.9. The molecule has 0 aliphatic rings. The van der Waals surface area contributed by atoms with E-state index in [-0.39, 0.29) is 30.1 Å². The highest BCUT2D eigenvalue weighted by Gasteiger charge is 2.07. The zero-order chi connectivity index (χ0) is 18.1. The molecule has 142 valence electrons. The maximum atomic E-state index is 5.92. The summed E-state index contributed by atoms with van der Waals surface area (Å²) < 4.78 is 11.3. The van der Waals surface area contributed by atoms with Gasteiger partial charge >= 0.3 is 0 Å². The molecule has 0 spiro atoms. The van der Waals surface area contributed by atoms with Crippen molar-refractivity contribution in [1.82, 2.24) is 10.6 Å². The fourth-order valence-electron chi connectivity index (χ4n) is 2.45. The van der Waals surface area contributed by atoms with Crippen LogP contribution in [0.2, 0.25) is 0 Å². The molecule has 0 fully saturated rings. The summed E-state index contributed by atoms with van der Waals surface area (Å²) in [4.78, 5) is 4.25. The van der Waals surface area contributed by atoms with Crippen LogP contribution in [0.5, 0.6) is 11.5 Å². The van der Waals surface area contributed by atoms with E-state index in [4.69, 9.17) is 9.47 Å². The van der Waals surface area contributed by atoms with Crippen LogP contribution in [0.3, 0.4) is 0 Å². The Morgan fingerprint density at radius 1 is 1.12 bits per heavy atom. The molecule has 0 saturated carbocycles. The maximum absolute atomic E-state index is 5.92. The van der Waals surface area contributed by atoms with E-state index in [0.29, 0.717) is 13.1 Å². The lowest BCUT2D eigenvalue weighted by molar-refractivity contribution is 0.223. The Balaban J connectivity index is 0.00000338. The number of methoxy groups -OCH3 is 1. The van der Waals surface area contributed by atoms with Crippen LogP contribution in [0, 0.1) is 6.92 Å². The second-order valence-corrected chi connectivity index (χ2v) is 5.86. The molecule has 2 N–H and O–H groups in total. The molecule has 0 aliphatic carbocycles. The zero-order valence-electron chi connectivity index (χ0n) is 15.8. The monoisotopic (exact) mass is 469 g/mol. The number of aliphatic imine (C=N–C) groups is 1. The highest BCUT2D eigenvalue weighted by molar-refractivity contribution is 14.0.